The highest BCUT2D eigenvalue weighted by Gasteiger charge is 2.22. The summed E-state index contributed by atoms with van der Waals surface area (Å²) in [6, 6.07) is 21.5. The molecule has 3 aromatic carbocycles. The van der Waals surface area contributed by atoms with Crippen LogP contribution in [-0.2, 0) is 18.3 Å². The van der Waals surface area contributed by atoms with E-state index in [2.05, 4.69) is 45.8 Å². The van der Waals surface area contributed by atoms with Crippen LogP contribution in [0.4, 0.5) is 5.69 Å². The molecule has 33 heavy (non-hydrogen) atoms. The van der Waals surface area contributed by atoms with Crippen molar-refractivity contribution < 1.29 is 9.59 Å². The Hall–Kier alpha value is -3.45. The molecule has 0 saturated carbocycles. The van der Waals surface area contributed by atoms with Crippen molar-refractivity contribution in [2.45, 2.75) is 37.1 Å². The number of thioether (sulfide) groups is 1. The Kier molecular flexibility index (Phi) is 6.89. The fourth-order valence-corrected chi connectivity index (χ4v) is 4.62. The van der Waals surface area contributed by atoms with Gasteiger partial charge in [-0.2, -0.15) is 0 Å². The van der Waals surface area contributed by atoms with Crippen LogP contribution in [0.5, 0.6) is 0 Å². The van der Waals surface area contributed by atoms with Crippen LogP contribution >= 0.6 is 11.8 Å². The predicted molar refractivity (Wildman–Crippen MR) is 133 cm³/mol. The summed E-state index contributed by atoms with van der Waals surface area (Å²) >= 11 is 1.41. The first-order chi connectivity index (χ1) is 16.0. The molecule has 0 aliphatic heterocycles. The topological polar surface area (TPSA) is 76.9 Å². The minimum absolute atomic E-state index is 0.00328. The lowest BCUT2D eigenvalue weighted by molar-refractivity contribution is -0.115. The molecule has 4 rings (SSSR count). The molecule has 6 nitrogen and oxygen atoms in total. The summed E-state index contributed by atoms with van der Waals surface area (Å²) < 4.78 is 1.96. The molecule has 0 aliphatic rings. The summed E-state index contributed by atoms with van der Waals surface area (Å²) in [4.78, 5) is 24.3. The van der Waals surface area contributed by atoms with E-state index < -0.39 is 0 Å². The normalized spacial score (nSPS) is 12.0. The number of fused-ring (bicyclic) bond motifs is 1. The number of nitrogens with one attached hydrogen (secondary N) is 1. The van der Waals surface area contributed by atoms with Crippen molar-refractivity contribution in [3.8, 4) is 0 Å². The van der Waals surface area contributed by atoms with Crippen molar-refractivity contribution in [2.24, 2.45) is 7.05 Å². The van der Waals surface area contributed by atoms with Gasteiger partial charge < -0.3 is 9.88 Å². The van der Waals surface area contributed by atoms with Crippen molar-refractivity contribution in [3.05, 3.63) is 83.7 Å². The molecule has 7 heteroatoms. The number of carbonyl (C=O) groups is 2. The van der Waals surface area contributed by atoms with Gasteiger partial charge in [-0.25, -0.2) is 0 Å². The molecule has 168 valence electrons. The second kappa shape index (κ2) is 10.0. The number of carbonyl (C=O) groups excluding carboxylic acids is 2. The zero-order valence-corrected chi connectivity index (χ0v) is 19.7. The predicted octanol–water partition coefficient (Wildman–Crippen LogP) is 5.27. The Bertz CT molecular complexity index is 1290. The van der Waals surface area contributed by atoms with Gasteiger partial charge in [0.25, 0.3) is 0 Å². The molecule has 0 aliphatic carbocycles. The second-order valence-electron chi connectivity index (χ2n) is 7.91. The Balaban J connectivity index is 1.46. The van der Waals surface area contributed by atoms with Gasteiger partial charge in [0, 0.05) is 24.7 Å². The Morgan fingerprint density at radius 1 is 1.00 bits per heavy atom. The van der Waals surface area contributed by atoms with Crippen LogP contribution in [0.25, 0.3) is 10.8 Å². The SMILES string of the molecule is CCC(Sc1nnc(Cc2cccc3ccccc23)n1C)C(=O)Nc1ccc(C(C)=O)cc1. The first kappa shape index (κ1) is 22.7. The third-order valence-electron chi connectivity index (χ3n) is 5.62. The lowest BCUT2D eigenvalue weighted by Crippen LogP contribution is -2.25. The standard InChI is InChI=1S/C26H26N4O2S/c1-4-23(25(32)27-21-14-12-18(13-15-21)17(2)31)33-26-29-28-24(30(26)3)16-20-10-7-9-19-8-5-6-11-22(19)20/h5-15,23H,4,16H2,1-3H3,(H,27,32). The van der Waals surface area contributed by atoms with Gasteiger partial charge in [-0.05, 0) is 53.9 Å². The number of hydrogen-bond acceptors (Lipinski definition) is 5. The van der Waals surface area contributed by atoms with Crippen LogP contribution in [-0.4, -0.2) is 31.7 Å². The van der Waals surface area contributed by atoms with Crippen molar-refractivity contribution in [3.63, 3.8) is 0 Å². The molecule has 0 bridgehead atoms. The average Bonchev–Trinajstić information content (AvgIpc) is 3.16. The zero-order valence-electron chi connectivity index (χ0n) is 18.9. The van der Waals surface area contributed by atoms with Crippen LogP contribution < -0.4 is 5.32 Å². The van der Waals surface area contributed by atoms with Crippen LogP contribution in [0.2, 0.25) is 0 Å². The van der Waals surface area contributed by atoms with Gasteiger partial charge in [-0.1, -0.05) is 61.2 Å². The average molecular weight is 459 g/mol. The van der Waals surface area contributed by atoms with Gasteiger partial charge in [-0.3, -0.25) is 9.59 Å². The molecule has 0 saturated heterocycles. The van der Waals surface area contributed by atoms with Crippen molar-refractivity contribution in [1.82, 2.24) is 14.8 Å². The van der Waals surface area contributed by atoms with Gasteiger partial charge in [0.2, 0.25) is 5.91 Å². The maximum absolute atomic E-state index is 12.9. The lowest BCUT2D eigenvalue weighted by atomic mass is 10.0. The fourth-order valence-electron chi connectivity index (χ4n) is 3.68. The minimum Gasteiger partial charge on any atom is -0.325 e. The molecule has 0 fully saturated rings. The highest BCUT2D eigenvalue weighted by atomic mass is 32.2. The van der Waals surface area contributed by atoms with E-state index in [-0.39, 0.29) is 16.9 Å². The highest BCUT2D eigenvalue weighted by Crippen LogP contribution is 2.27. The first-order valence-electron chi connectivity index (χ1n) is 10.9. The molecular formula is C26H26N4O2S. The van der Waals surface area contributed by atoms with Gasteiger partial charge in [0.1, 0.15) is 5.82 Å². The number of rotatable bonds is 8. The molecule has 4 aromatic rings. The number of anilines is 1. The van der Waals surface area contributed by atoms with E-state index in [0.29, 0.717) is 29.2 Å². The fraction of sp³-hybridized carbons (Fsp3) is 0.231. The smallest absolute Gasteiger partial charge is 0.237 e. The maximum atomic E-state index is 12.9. The summed E-state index contributed by atoms with van der Waals surface area (Å²) in [5, 5.41) is 14.5. The molecule has 0 radical (unpaired) electrons. The first-order valence-corrected chi connectivity index (χ1v) is 11.8. The largest absolute Gasteiger partial charge is 0.325 e. The van der Waals surface area contributed by atoms with Crippen molar-refractivity contribution in [2.75, 3.05) is 5.32 Å². The summed E-state index contributed by atoms with van der Waals surface area (Å²) in [6.45, 7) is 3.50. The van der Waals surface area contributed by atoms with Crippen LogP contribution in [0.15, 0.2) is 71.9 Å². The lowest BCUT2D eigenvalue weighted by Gasteiger charge is -2.14. The number of Topliss-reactive ketones (excluding diaryl/α,β-unsaturated/α-hetero) is 1. The van der Waals surface area contributed by atoms with E-state index in [9.17, 15) is 9.59 Å². The van der Waals surface area contributed by atoms with Crippen LogP contribution in [0.1, 0.15) is 42.0 Å². The van der Waals surface area contributed by atoms with Gasteiger partial charge in [-0.15, -0.1) is 10.2 Å². The third kappa shape index (κ3) is 5.14. The molecule has 1 atom stereocenters. The Morgan fingerprint density at radius 2 is 1.73 bits per heavy atom. The van der Waals surface area contributed by atoms with E-state index in [1.54, 1.807) is 24.3 Å². The minimum atomic E-state index is -0.314. The molecule has 1 aromatic heterocycles. The number of benzene rings is 3. The molecule has 1 unspecified atom stereocenters. The Labute approximate surface area is 197 Å². The van der Waals surface area contributed by atoms with E-state index in [0.717, 1.165) is 5.82 Å². The van der Waals surface area contributed by atoms with Gasteiger partial charge >= 0.3 is 0 Å². The van der Waals surface area contributed by atoms with Crippen molar-refractivity contribution in [1.29, 1.82) is 0 Å². The molecule has 1 heterocycles. The maximum Gasteiger partial charge on any atom is 0.237 e. The zero-order chi connectivity index (χ0) is 23.4. The van der Waals surface area contributed by atoms with E-state index in [4.69, 9.17) is 0 Å². The summed E-state index contributed by atoms with van der Waals surface area (Å²) in [7, 11) is 1.94. The summed E-state index contributed by atoms with van der Waals surface area (Å²) in [5.41, 5.74) is 2.48. The van der Waals surface area contributed by atoms with Gasteiger partial charge in [0.05, 0.1) is 5.25 Å². The second-order valence-corrected chi connectivity index (χ2v) is 9.08. The molecule has 1 N–H and O–H groups in total. The monoisotopic (exact) mass is 458 g/mol. The molecule has 1 amide bonds. The van der Waals surface area contributed by atoms with Crippen LogP contribution in [0.3, 0.4) is 0 Å². The van der Waals surface area contributed by atoms with Gasteiger partial charge in [0.15, 0.2) is 10.9 Å². The summed E-state index contributed by atoms with van der Waals surface area (Å²) in [6.07, 6.45) is 1.31. The number of ketones is 1. The number of amides is 1. The third-order valence-corrected chi connectivity index (χ3v) is 7.02. The van der Waals surface area contributed by atoms with E-state index in [1.807, 2.05) is 30.7 Å². The number of nitrogens with zero attached hydrogens (tertiary/aromatic N) is 3. The number of aromatic nitrogens is 3. The van der Waals surface area contributed by atoms with Crippen LogP contribution in [0, 0.1) is 0 Å². The van der Waals surface area contributed by atoms with E-state index >= 15 is 0 Å². The quantitative estimate of drug-likeness (QED) is 0.287. The van der Waals surface area contributed by atoms with E-state index in [1.165, 1.54) is 35.0 Å². The summed E-state index contributed by atoms with van der Waals surface area (Å²) in [5.74, 6) is 0.747. The molecular weight excluding hydrogens is 432 g/mol. The number of hydrogen-bond donors (Lipinski definition) is 1. The Morgan fingerprint density at radius 3 is 2.45 bits per heavy atom. The highest BCUT2D eigenvalue weighted by molar-refractivity contribution is 8.00. The molecule has 0 spiro atoms. The van der Waals surface area contributed by atoms with Crippen molar-refractivity contribution >= 4 is 39.9 Å².